The third-order valence-electron chi connectivity index (χ3n) is 3.30. The Morgan fingerprint density at radius 2 is 2.33 bits per heavy atom. The zero-order chi connectivity index (χ0) is 13.4. The summed E-state index contributed by atoms with van der Waals surface area (Å²) in [5, 5.41) is 6.19. The molecule has 2 N–H and O–H groups in total. The fraction of sp³-hybridized carbons (Fsp3) is 0.786. The highest BCUT2D eigenvalue weighted by atomic mass is 16.5. The summed E-state index contributed by atoms with van der Waals surface area (Å²) < 4.78 is 5.34. The van der Waals surface area contributed by atoms with E-state index >= 15 is 0 Å². The molecule has 1 fully saturated rings. The largest absolute Gasteiger partial charge is 0.375 e. The van der Waals surface area contributed by atoms with Crippen molar-refractivity contribution in [2.45, 2.75) is 39.2 Å². The molecule has 2 atom stereocenters. The molecule has 0 radical (unpaired) electrons. The van der Waals surface area contributed by atoms with Gasteiger partial charge in [0.25, 0.3) is 0 Å². The highest BCUT2D eigenvalue weighted by Crippen LogP contribution is 2.19. The maximum absolute atomic E-state index is 11.9. The van der Waals surface area contributed by atoms with Crippen LogP contribution in [0.4, 0.5) is 0 Å². The molecule has 1 amide bonds. The SMILES string of the molecule is C=C(C)COCCNC(=O)C1CC(CC)CCN1. The first kappa shape index (κ1) is 15.2. The lowest BCUT2D eigenvalue weighted by atomic mass is 9.90. The molecule has 0 aromatic heterocycles. The molecule has 0 aromatic carbocycles. The number of piperidine rings is 1. The Bertz CT molecular complexity index is 279. The Kier molecular flexibility index (Phi) is 6.98. The summed E-state index contributed by atoms with van der Waals surface area (Å²) in [5.74, 6) is 0.786. The number of carbonyl (C=O) groups is 1. The first-order valence-electron chi connectivity index (χ1n) is 6.86. The summed E-state index contributed by atoms with van der Waals surface area (Å²) >= 11 is 0. The third kappa shape index (κ3) is 5.65. The lowest BCUT2D eigenvalue weighted by Gasteiger charge is -2.28. The Morgan fingerprint density at radius 3 is 3.00 bits per heavy atom. The Labute approximate surface area is 110 Å². The van der Waals surface area contributed by atoms with Gasteiger partial charge in [0.1, 0.15) is 0 Å². The average Bonchev–Trinajstić information content (AvgIpc) is 2.37. The van der Waals surface area contributed by atoms with E-state index in [2.05, 4.69) is 24.1 Å². The van der Waals surface area contributed by atoms with Crippen LogP contribution in [0.1, 0.15) is 33.1 Å². The minimum Gasteiger partial charge on any atom is -0.375 e. The molecule has 1 aliphatic rings. The van der Waals surface area contributed by atoms with Crippen molar-refractivity contribution in [2.24, 2.45) is 5.92 Å². The lowest BCUT2D eigenvalue weighted by molar-refractivity contribution is -0.124. The lowest BCUT2D eigenvalue weighted by Crippen LogP contribution is -2.49. The number of hydrogen-bond acceptors (Lipinski definition) is 3. The topological polar surface area (TPSA) is 50.4 Å². The molecule has 4 heteroatoms. The number of amides is 1. The van der Waals surface area contributed by atoms with Crippen molar-refractivity contribution in [3.05, 3.63) is 12.2 Å². The van der Waals surface area contributed by atoms with E-state index in [1.807, 2.05) is 6.92 Å². The Hall–Kier alpha value is -0.870. The van der Waals surface area contributed by atoms with Crippen molar-refractivity contribution in [2.75, 3.05) is 26.3 Å². The van der Waals surface area contributed by atoms with Crippen LogP contribution >= 0.6 is 0 Å². The molecule has 0 bridgehead atoms. The van der Waals surface area contributed by atoms with Crippen molar-refractivity contribution >= 4 is 5.91 Å². The van der Waals surface area contributed by atoms with E-state index in [1.54, 1.807) is 0 Å². The second-order valence-corrected chi connectivity index (χ2v) is 5.11. The first-order chi connectivity index (χ1) is 8.63. The highest BCUT2D eigenvalue weighted by molar-refractivity contribution is 5.81. The second kappa shape index (κ2) is 8.27. The number of rotatable bonds is 7. The number of ether oxygens (including phenoxy) is 1. The molecule has 0 spiro atoms. The monoisotopic (exact) mass is 254 g/mol. The van der Waals surface area contributed by atoms with E-state index < -0.39 is 0 Å². The second-order valence-electron chi connectivity index (χ2n) is 5.11. The van der Waals surface area contributed by atoms with Crippen LogP contribution in [0.5, 0.6) is 0 Å². The van der Waals surface area contributed by atoms with Gasteiger partial charge in [0.15, 0.2) is 0 Å². The summed E-state index contributed by atoms with van der Waals surface area (Å²) in [7, 11) is 0. The summed E-state index contributed by atoms with van der Waals surface area (Å²) in [6.45, 7) is 10.5. The summed E-state index contributed by atoms with van der Waals surface area (Å²) in [4.78, 5) is 11.9. The molecule has 104 valence electrons. The molecule has 2 unspecified atom stereocenters. The molecule has 1 heterocycles. The zero-order valence-corrected chi connectivity index (χ0v) is 11.6. The standard InChI is InChI=1S/C14H26N2O2/c1-4-12-5-6-15-13(9-12)14(17)16-7-8-18-10-11(2)3/h12-13,15H,2,4-10H2,1,3H3,(H,16,17). The summed E-state index contributed by atoms with van der Waals surface area (Å²) in [6, 6.07) is -0.0233. The van der Waals surface area contributed by atoms with Crippen LogP contribution < -0.4 is 10.6 Å². The van der Waals surface area contributed by atoms with E-state index in [0.717, 1.165) is 25.0 Å². The predicted octanol–water partition coefficient (Wildman–Crippen LogP) is 1.47. The molecular formula is C14H26N2O2. The Balaban J connectivity index is 2.14. The average molecular weight is 254 g/mol. The van der Waals surface area contributed by atoms with Crippen LogP contribution in [0.25, 0.3) is 0 Å². The van der Waals surface area contributed by atoms with Crippen LogP contribution in [0.15, 0.2) is 12.2 Å². The van der Waals surface area contributed by atoms with Crippen molar-refractivity contribution < 1.29 is 9.53 Å². The van der Waals surface area contributed by atoms with Gasteiger partial charge in [-0.05, 0) is 32.2 Å². The van der Waals surface area contributed by atoms with E-state index in [4.69, 9.17) is 4.74 Å². The van der Waals surface area contributed by atoms with Gasteiger partial charge in [0, 0.05) is 6.54 Å². The quantitative estimate of drug-likeness (QED) is 0.534. The molecule has 1 saturated heterocycles. The summed E-state index contributed by atoms with van der Waals surface area (Å²) in [5.41, 5.74) is 1.00. The van der Waals surface area contributed by atoms with Gasteiger partial charge in [-0.3, -0.25) is 4.79 Å². The number of carbonyl (C=O) groups excluding carboxylic acids is 1. The number of nitrogens with one attached hydrogen (secondary N) is 2. The number of hydrogen-bond donors (Lipinski definition) is 2. The molecule has 0 aliphatic carbocycles. The van der Waals surface area contributed by atoms with Crippen LogP contribution in [0, 0.1) is 5.92 Å². The van der Waals surface area contributed by atoms with Gasteiger partial charge in [-0.15, -0.1) is 0 Å². The van der Waals surface area contributed by atoms with Crippen LogP contribution in [-0.2, 0) is 9.53 Å². The molecule has 1 rings (SSSR count). The molecule has 4 nitrogen and oxygen atoms in total. The van der Waals surface area contributed by atoms with Crippen molar-refractivity contribution in [1.29, 1.82) is 0 Å². The minimum absolute atomic E-state index is 0.0233. The molecule has 0 saturated carbocycles. The van der Waals surface area contributed by atoms with Gasteiger partial charge in [-0.1, -0.05) is 25.5 Å². The van der Waals surface area contributed by atoms with E-state index in [9.17, 15) is 4.79 Å². The minimum atomic E-state index is -0.0233. The van der Waals surface area contributed by atoms with Crippen LogP contribution in [0.3, 0.4) is 0 Å². The van der Waals surface area contributed by atoms with Crippen molar-refractivity contribution in [3.63, 3.8) is 0 Å². The van der Waals surface area contributed by atoms with Crippen LogP contribution in [-0.4, -0.2) is 38.3 Å². The zero-order valence-electron chi connectivity index (χ0n) is 11.6. The normalized spacial score (nSPS) is 23.7. The van der Waals surface area contributed by atoms with Crippen molar-refractivity contribution in [1.82, 2.24) is 10.6 Å². The van der Waals surface area contributed by atoms with Gasteiger partial charge >= 0.3 is 0 Å². The van der Waals surface area contributed by atoms with E-state index in [1.165, 1.54) is 6.42 Å². The van der Waals surface area contributed by atoms with Gasteiger partial charge < -0.3 is 15.4 Å². The van der Waals surface area contributed by atoms with Gasteiger partial charge in [-0.2, -0.15) is 0 Å². The molecular weight excluding hydrogens is 228 g/mol. The van der Waals surface area contributed by atoms with E-state index in [0.29, 0.717) is 25.7 Å². The maximum atomic E-state index is 11.9. The highest BCUT2D eigenvalue weighted by Gasteiger charge is 2.25. The van der Waals surface area contributed by atoms with E-state index in [-0.39, 0.29) is 11.9 Å². The molecule has 1 aliphatic heterocycles. The fourth-order valence-electron chi connectivity index (χ4n) is 2.18. The smallest absolute Gasteiger partial charge is 0.237 e. The predicted molar refractivity (Wildman–Crippen MR) is 73.4 cm³/mol. The first-order valence-corrected chi connectivity index (χ1v) is 6.86. The molecule has 0 aromatic rings. The van der Waals surface area contributed by atoms with Gasteiger partial charge in [-0.25, -0.2) is 0 Å². The van der Waals surface area contributed by atoms with Crippen molar-refractivity contribution in [3.8, 4) is 0 Å². The van der Waals surface area contributed by atoms with Crippen LogP contribution in [0.2, 0.25) is 0 Å². The Morgan fingerprint density at radius 1 is 1.56 bits per heavy atom. The van der Waals surface area contributed by atoms with Gasteiger partial charge in [0.2, 0.25) is 5.91 Å². The molecule has 18 heavy (non-hydrogen) atoms. The fourth-order valence-corrected chi connectivity index (χ4v) is 2.18. The maximum Gasteiger partial charge on any atom is 0.237 e. The van der Waals surface area contributed by atoms with Gasteiger partial charge in [0.05, 0.1) is 19.3 Å². The summed E-state index contributed by atoms with van der Waals surface area (Å²) in [6.07, 6.45) is 3.30. The third-order valence-corrected chi connectivity index (χ3v) is 3.30.